The van der Waals surface area contributed by atoms with Crippen LogP contribution in [0.1, 0.15) is 51.9 Å². The maximum atomic E-state index is 11.7. The molecule has 2 fully saturated rings. The van der Waals surface area contributed by atoms with Crippen molar-refractivity contribution in [1.29, 1.82) is 0 Å². The van der Waals surface area contributed by atoms with Crippen molar-refractivity contribution in [3.05, 3.63) is 0 Å². The van der Waals surface area contributed by atoms with Crippen molar-refractivity contribution < 1.29 is 4.79 Å². The third-order valence-corrected chi connectivity index (χ3v) is 3.89. The van der Waals surface area contributed by atoms with Gasteiger partial charge >= 0.3 is 0 Å². The van der Waals surface area contributed by atoms with Gasteiger partial charge in [-0.1, -0.05) is 19.8 Å². The SMILES string of the molecule is C[C@@]12CCCCC(=O)[C@H]1CCC2. The summed E-state index contributed by atoms with van der Waals surface area (Å²) in [4.78, 5) is 11.7. The molecule has 0 N–H and O–H groups in total. The highest BCUT2D eigenvalue weighted by molar-refractivity contribution is 5.82. The fourth-order valence-corrected chi connectivity index (χ4v) is 3.08. The summed E-state index contributed by atoms with van der Waals surface area (Å²) in [5.74, 6) is 0.993. The number of hydrogen-bond acceptors (Lipinski definition) is 1. The number of carbonyl (C=O) groups excluding carboxylic acids is 1. The second kappa shape index (κ2) is 2.86. The van der Waals surface area contributed by atoms with E-state index in [9.17, 15) is 4.79 Å². The molecular weight excluding hydrogens is 148 g/mol. The number of carbonyl (C=O) groups is 1. The fraction of sp³-hybridized carbons (Fsp3) is 0.909. The maximum Gasteiger partial charge on any atom is 0.136 e. The van der Waals surface area contributed by atoms with Gasteiger partial charge in [-0.05, 0) is 31.1 Å². The van der Waals surface area contributed by atoms with Gasteiger partial charge in [0, 0.05) is 12.3 Å². The molecule has 0 aromatic carbocycles. The number of Topliss-reactive ketones (excluding diaryl/α,β-unsaturated/α-hetero) is 1. The van der Waals surface area contributed by atoms with Crippen molar-refractivity contribution in [3.63, 3.8) is 0 Å². The van der Waals surface area contributed by atoms with Crippen LogP contribution in [0.4, 0.5) is 0 Å². The topological polar surface area (TPSA) is 17.1 Å². The number of fused-ring (bicyclic) bond motifs is 1. The minimum absolute atomic E-state index is 0.396. The first kappa shape index (κ1) is 8.28. The molecule has 2 aliphatic carbocycles. The van der Waals surface area contributed by atoms with E-state index in [4.69, 9.17) is 0 Å². The summed E-state index contributed by atoms with van der Waals surface area (Å²) in [7, 11) is 0. The summed E-state index contributed by atoms with van der Waals surface area (Å²) in [5, 5.41) is 0. The predicted octanol–water partition coefficient (Wildman–Crippen LogP) is 2.94. The zero-order valence-corrected chi connectivity index (χ0v) is 7.94. The molecule has 2 saturated carbocycles. The third-order valence-electron chi connectivity index (χ3n) is 3.89. The van der Waals surface area contributed by atoms with Crippen LogP contribution in [0.3, 0.4) is 0 Å². The lowest BCUT2D eigenvalue weighted by atomic mass is 9.76. The van der Waals surface area contributed by atoms with Crippen LogP contribution in [0.25, 0.3) is 0 Å². The molecule has 2 atom stereocenters. The quantitative estimate of drug-likeness (QED) is 0.540. The van der Waals surface area contributed by atoms with Crippen LogP contribution in [0.2, 0.25) is 0 Å². The number of hydrogen-bond donors (Lipinski definition) is 0. The van der Waals surface area contributed by atoms with Crippen LogP contribution >= 0.6 is 0 Å². The highest BCUT2D eigenvalue weighted by Gasteiger charge is 2.43. The van der Waals surface area contributed by atoms with Gasteiger partial charge in [-0.3, -0.25) is 4.79 Å². The molecule has 0 amide bonds. The summed E-state index contributed by atoms with van der Waals surface area (Å²) in [6.07, 6.45) is 8.33. The zero-order chi connectivity index (χ0) is 8.60. The van der Waals surface area contributed by atoms with Gasteiger partial charge in [0.1, 0.15) is 5.78 Å². The predicted molar refractivity (Wildman–Crippen MR) is 48.9 cm³/mol. The van der Waals surface area contributed by atoms with Crippen LogP contribution in [-0.2, 0) is 4.79 Å². The molecule has 1 heteroatoms. The van der Waals surface area contributed by atoms with Crippen LogP contribution in [0.15, 0.2) is 0 Å². The monoisotopic (exact) mass is 166 g/mol. The largest absolute Gasteiger partial charge is 0.299 e. The van der Waals surface area contributed by atoms with Crippen molar-refractivity contribution in [1.82, 2.24) is 0 Å². The molecule has 0 aromatic rings. The fourth-order valence-electron chi connectivity index (χ4n) is 3.08. The molecule has 0 aliphatic heterocycles. The molecule has 2 aliphatic rings. The Balaban J connectivity index is 2.21. The molecule has 2 rings (SSSR count). The zero-order valence-electron chi connectivity index (χ0n) is 7.94. The molecule has 0 unspecified atom stereocenters. The first-order valence-electron chi connectivity index (χ1n) is 5.25. The van der Waals surface area contributed by atoms with Crippen molar-refractivity contribution in [2.75, 3.05) is 0 Å². The Hall–Kier alpha value is -0.330. The summed E-state index contributed by atoms with van der Waals surface area (Å²) < 4.78 is 0. The molecule has 1 nitrogen and oxygen atoms in total. The van der Waals surface area contributed by atoms with Gasteiger partial charge in [-0.2, -0.15) is 0 Å². The second-order valence-electron chi connectivity index (χ2n) is 4.77. The molecule has 0 saturated heterocycles. The molecule has 0 aromatic heterocycles. The van der Waals surface area contributed by atoms with E-state index in [2.05, 4.69) is 6.92 Å². The molecular formula is C11H18O. The summed E-state index contributed by atoms with van der Waals surface area (Å²) in [6.45, 7) is 2.33. The van der Waals surface area contributed by atoms with Crippen LogP contribution < -0.4 is 0 Å². The lowest BCUT2D eigenvalue weighted by molar-refractivity contribution is -0.125. The summed E-state index contributed by atoms with van der Waals surface area (Å²) in [5.41, 5.74) is 0.396. The van der Waals surface area contributed by atoms with E-state index < -0.39 is 0 Å². The van der Waals surface area contributed by atoms with Crippen molar-refractivity contribution >= 4 is 5.78 Å². The molecule has 0 spiro atoms. The molecule has 0 bridgehead atoms. The van der Waals surface area contributed by atoms with Gasteiger partial charge in [0.25, 0.3) is 0 Å². The van der Waals surface area contributed by atoms with Gasteiger partial charge in [-0.25, -0.2) is 0 Å². The van der Waals surface area contributed by atoms with Crippen molar-refractivity contribution in [2.24, 2.45) is 11.3 Å². The first-order valence-corrected chi connectivity index (χ1v) is 5.25. The second-order valence-corrected chi connectivity index (χ2v) is 4.77. The van der Waals surface area contributed by atoms with Gasteiger partial charge in [0.05, 0.1) is 0 Å². The van der Waals surface area contributed by atoms with Crippen LogP contribution in [0.5, 0.6) is 0 Å². The normalized spacial score (nSPS) is 42.4. The van der Waals surface area contributed by atoms with Gasteiger partial charge in [-0.15, -0.1) is 0 Å². The van der Waals surface area contributed by atoms with E-state index in [0.29, 0.717) is 17.1 Å². The van der Waals surface area contributed by atoms with E-state index in [1.54, 1.807) is 0 Å². The highest BCUT2D eigenvalue weighted by Crippen LogP contribution is 2.49. The number of ketones is 1. The molecule has 68 valence electrons. The minimum Gasteiger partial charge on any atom is -0.299 e. The smallest absolute Gasteiger partial charge is 0.136 e. The Morgan fingerprint density at radius 1 is 1.25 bits per heavy atom. The molecule has 0 radical (unpaired) electrons. The van der Waals surface area contributed by atoms with Gasteiger partial charge in [0.2, 0.25) is 0 Å². The minimum atomic E-state index is 0.396. The summed E-state index contributed by atoms with van der Waals surface area (Å²) >= 11 is 0. The molecule has 0 heterocycles. The average molecular weight is 166 g/mol. The van der Waals surface area contributed by atoms with Gasteiger partial charge in [0.15, 0.2) is 0 Å². The van der Waals surface area contributed by atoms with E-state index in [0.717, 1.165) is 12.8 Å². The maximum absolute atomic E-state index is 11.7. The highest BCUT2D eigenvalue weighted by atomic mass is 16.1. The Kier molecular flexibility index (Phi) is 1.97. The third kappa shape index (κ3) is 1.19. The van der Waals surface area contributed by atoms with E-state index in [-0.39, 0.29) is 0 Å². The van der Waals surface area contributed by atoms with Crippen molar-refractivity contribution in [2.45, 2.75) is 51.9 Å². The van der Waals surface area contributed by atoms with Crippen LogP contribution in [-0.4, -0.2) is 5.78 Å². The van der Waals surface area contributed by atoms with Gasteiger partial charge < -0.3 is 0 Å². The Morgan fingerprint density at radius 3 is 2.83 bits per heavy atom. The Morgan fingerprint density at radius 2 is 2.00 bits per heavy atom. The lowest BCUT2D eigenvalue weighted by Gasteiger charge is -2.28. The summed E-state index contributed by atoms with van der Waals surface area (Å²) in [6, 6.07) is 0. The first-order chi connectivity index (χ1) is 5.72. The van der Waals surface area contributed by atoms with Crippen molar-refractivity contribution in [3.8, 4) is 0 Å². The standard InChI is InChI=1S/C11H18O/c1-11-7-3-2-6-10(12)9(11)5-4-8-11/h9H,2-8H2,1H3/t9-,11+/m1/s1. The molecule has 12 heavy (non-hydrogen) atoms. The van der Waals surface area contributed by atoms with E-state index >= 15 is 0 Å². The average Bonchev–Trinajstić information content (AvgIpc) is 2.36. The lowest BCUT2D eigenvalue weighted by Crippen LogP contribution is -2.26. The van der Waals surface area contributed by atoms with E-state index in [1.807, 2.05) is 0 Å². The van der Waals surface area contributed by atoms with Crippen LogP contribution in [0, 0.1) is 11.3 Å². The van der Waals surface area contributed by atoms with E-state index in [1.165, 1.54) is 32.1 Å². The number of rotatable bonds is 0. The Labute approximate surface area is 74.5 Å². The Bertz CT molecular complexity index is 197.